The van der Waals surface area contributed by atoms with Crippen molar-refractivity contribution in [2.24, 2.45) is 5.73 Å². The highest BCUT2D eigenvalue weighted by Crippen LogP contribution is 2.18. The number of halogens is 1. The Labute approximate surface area is 121 Å². The van der Waals surface area contributed by atoms with Gasteiger partial charge in [-0.2, -0.15) is 0 Å². The summed E-state index contributed by atoms with van der Waals surface area (Å²) in [5, 5.41) is 0.673. The average Bonchev–Trinajstić information content (AvgIpc) is 2.41. The van der Waals surface area contributed by atoms with E-state index in [1.807, 2.05) is 48.5 Å². The maximum absolute atomic E-state index is 12.2. The molecule has 1 unspecified atom stereocenters. The van der Waals surface area contributed by atoms with Crippen LogP contribution in [0.5, 0.6) is 0 Å². The monoisotopic (exact) mass is 293 g/mol. The molecule has 19 heavy (non-hydrogen) atoms. The highest BCUT2D eigenvalue weighted by molar-refractivity contribution is 7.83. The van der Waals surface area contributed by atoms with Crippen molar-refractivity contribution in [3.8, 4) is 0 Å². The smallest absolute Gasteiger partial charge is 0.0503 e. The van der Waals surface area contributed by atoms with Crippen molar-refractivity contribution >= 4 is 22.4 Å². The number of benzene rings is 2. The minimum Gasteiger partial charge on any atom is -0.326 e. The van der Waals surface area contributed by atoms with Gasteiger partial charge in [0, 0.05) is 28.1 Å². The molecule has 0 aromatic heterocycles. The van der Waals surface area contributed by atoms with Crippen LogP contribution in [0.15, 0.2) is 48.5 Å². The van der Waals surface area contributed by atoms with Gasteiger partial charge < -0.3 is 5.73 Å². The zero-order chi connectivity index (χ0) is 13.7. The second kappa shape index (κ2) is 6.85. The van der Waals surface area contributed by atoms with Crippen LogP contribution < -0.4 is 5.73 Å². The Morgan fingerprint density at radius 1 is 1.00 bits per heavy atom. The molecular formula is C15H16ClNOS. The van der Waals surface area contributed by atoms with Crippen LogP contribution in [0, 0.1) is 0 Å². The normalized spacial score (nSPS) is 12.3. The maximum Gasteiger partial charge on any atom is 0.0503 e. The van der Waals surface area contributed by atoms with Crippen LogP contribution >= 0.6 is 11.6 Å². The van der Waals surface area contributed by atoms with Gasteiger partial charge in [-0.3, -0.25) is 4.21 Å². The Bertz CT molecular complexity index is 586. The summed E-state index contributed by atoms with van der Waals surface area (Å²) in [5.41, 5.74) is 8.64. The molecule has 2 rings (SSSR count). The van der Waals surface area contributed by atoms with Crippen molar-refractivity contribution < 1.29 is 4.21 Å². The van der Waals surface area contributed by atoms with E-state index in [0.29, 0.717) is 23.1 Å². The predicted molar refractivity (Wildman–Crippen MR) is 81.3 cm³/mol. The first kappa shape index (κ1) is 14.3. The molecule has 0 saturated heterocycles. The summed E-state index contributed by atoms with van der Waals surface area (Å²) in [4.78, 5) is 0. The van der Waals surface area contributed by atoms with Crippen molar-refractivity contribution in [1.29, 1.82) is 0 Å². The van der Waals surface area contributed by atoms with E-state index in [9.17, 15) is 4.21 Å². The van der Waals surface area contributed by atoms with Gasteiger partial charge in [0.2, 0.25) is 0 Å². The first-order valence-electron chi connectivity index (χ1n) is 6.05. The Morgan fingerprint density at radius 2 is 1.74 bits per heavy atom. The molecule has 2 N–H and O–H groups in total. The van der Waals surface area contributed by atoms with E-state index in [2.05, 4.69) is 0 Å². The first-order valence-corrected chi connectivity index (χ1v) is 7.92. The van der Waals surface area contributed by atoms with E-state index in [0.717, 1.165) is 16.7 Å². The van der Waals surface area contributed by atoms with Crippen LogP contribution in [-0.4, -0.2) is 4.21 Å². The molecule has 0 fully saturated rings. The number of rotatable bonds is 5. The van der Waals surface area contributed by atoms with Gasteiger partial charge in [0.05, 0.1) is 5.75 Å². The zero-order valence-corrected chi connectivity index (χ0v) is 12.1. The number of nitrogens with two attached hydrogens (primary N) is 1. The van der Waals surface area contributed by atoms with Crippen molar-refractivity contribution in [3.63, 3.8) is 0 Å². The zero-order valence-electron chi connectivity index (χ0n) is 10.5. The maximum atomic E-state index is 12.2. The van der Waals surface area contributed by atoms with Crippen molar-refractivity contribution in [3.05, 3.63) is 70.2 Å². The third kappa shape index (κ3) is 4.16. The molecule has 0 amide bonds. The lowest BCUT2D eigenvalue weighted by Gasteiger charge is -2.06. The molecule has 0 aliphatic carbocycles. The van der Waals surface area contributed by atoms with Gasteiger partial charge >= 0.3 is 0 Å². The van der Waals surface area contributed by atoms with Gasteiger partial charge in [-0.05, 0) is 22.8 Å². The quantitative estimate of drug-likeness (QED) is 0.919. The summed E-state index contributed by atoms with van der Waals surface area (Å²) in [6.07, 6.45) is 0. The number of hydrogen-bond acceptors (Lipinski definition) is 2. The number of hydrogen-bond donors (Lipinski definition) is 1. The lowest BCUT2D eigenvalue weighted by molar-refractivity contribution is 0.682. The fourth-order valence-electron chi connectivity index (χ4n) is 1.87. The molecule has 4 heteroatoms. The molecule has 0 saturated carbocycles. The molecule has 0 heterocycles. The summed E-state index contributed by atoms with van der Waals surface area (Å²) in [6.45, 7) is 0.505. The Kier molecular flexibility index (Phi) is 5.14. The lowest BCUT2D eigenvalue weighted by Crippen LogP contribution is -2.02. The standard InChI is InChI=1S/C15H16ClNOS/c16-15-7-2-1-6-14(15)11-19(18)10-13-5-3-4-12(8-13)9-17/h1-8H,9-11,17H2. The molecule has 2 aromatic rings. The second-order valence-electron chi connectivity index (χ2n) is 4.34. The second-order valence-corrected chi connectivity index (χ2v) is 6.21. The summed E-state index contributed by atoms with van der Waals surface area (Å²) < 4.78 is 12.2. The van der Waals surface area contributed by atoms with E-state index in [1.165, 1.54) is 0 Å². The predicted octanol–water partition coefficient (Wildman–Crippen LogP) is 3.25. The van der Waals surface area contributed by atoms with E-state index in [1.54, 1.807) is 0 Å². The van der Waals surface area contributed by atoms with Gasteiger partial charge in [-0.1, -0.05) is 54.1 Å². The molecule has 2 aromatic carbocycles. The van der Waals surface area contributed by atoms with Gasteiger partial charge in [-0.15, -0.1) is 0 Å². The Morgan fingerprint density at radius 3 is 2.47 bits per heavy atom. The molecular weight excluding hydrogens is 278 g/mol. The molecule has 0 aliphatic heterocycles. The van der Waals surface area contributed by atoms with Crippen LogP contribution in [0.2, 0.25) is 5.02 Å². The topological polar surface area (TPSA) is 43.1 Å². The Hall–Kier alpha value is -1.16. The largest absolute Gasteiger partial charge is 0.326 e. The summed E-state index contributed by atoms with van der Waals surface area (Å²) in [6, 6.07) is 15.4. The summed E-state index contributed by atoms with van der Waals surface area (Å²) in [7, 11) is -0.968. The molecule has 0 spiro atoms. The average molecular weight is 294 g/mol. The van der Waals surface area contributed by atoms with Crippen LogP contribution in [0.25, 0.3) is 0 Å². The fraction of sp³-hybridized carbons (Fsp3) is 0.200. The van der Waals surface area contributed by atoms with E-state index >= 15 is 0 Å². The van der Waals surface area contributed by atoms with Crippen molar-refractivity contribution in [1.82, 2.24) is 0 Å². The molecule has 0 bridgehead atoms. The van der Waals surface area contributed by atoms with E-state index in [-0.39, 0.29) is 0 Å². The molecule has 1 atom stereocenters. The van der Waals surface area contributed by atoms with E-state index < -0.39 is 10.8 Å². The highest BCUT2D eigenvalue weighted by atomic mass is 35.5. The molecule has 0 aliphatic rings. The minimum atomic E-state index is -0.968. The van der Waals surface area contributed by atoms with E-state index in [4.69, 9.17) is 17.3 Å². The lowest BCUT2D eigenvalue weighted by atomic mass is 10.1. The van der Waals surface area contributed by atoms with Crippen LogP contribution in [0.3, 0.4) is 0 Å². The van der Waals surface area contributed by atoms with Gasteiger partial charge in [0.15, 0.2) is 0 Å². The third-order valence-corrected chi connectivity index (χ3v) is 4.49. The van der Waals surface area contributed by atoms with Gasteiger partial charge in [0.1, 0.15) is 0 Å². The van der Waals surface area contributed by atoms with Crippen LogP contribution in [-0.2, 0) is 28.9 Å². The highest BCUT2D eigenvalue weighted by Gasteiger charge is 2.06. The molecule has 100 valence electrons. The fourth-order valence-corrected chi connectivity index (χ4v) is 3.41. The van der Waals surface area contributed by atoms with Crippen LogP contribution in [0.1, 0.15) is 16.7 Å². The van der Waals surface area contributed by atoms with Gasteiger partial charge in [0.25, 0.3) is 0 Å². The van der Waals surface area contributed by atoms with Crippen LogP contribution in [0.4, 0.5) is 0 Å². The van der Waals surface area contributed by atoms with Gasteiger partial charge in [-0.25, -0.2) is 0 Å². The molecule has 2 nitrogen and oxygen atoms in total. The first-order chi connectivity index (χ1) is 9.19. The molecule has 0 radical (unpaired) electrons. The Balaban J connectivity index is 2.03. The summed E-state index contributed by atoms with van der Waals surface area (Å²) in [5.74, 6) is 1.01. The van der Waals surface area contributed by atoms with Crippen molar-refractivity contribution in [2.45, 2.75) is 18.1 Å². The summed E-state index contributed by atoms with van der Waals surface area (Å²) >= 11 is 6.07. The third-order valence-electron chi connectivity index (χ3n) is 2.83. The SMILES string of the molecule is NCc1cccc(CS(=O)Cc2ccccc2Cl)c1. The van der Waals surface area contributed by atoms with Crippen molar-refractivity contribution in [2.75, 3.05) is 0 Å². The minimum absolute atomic E-state index is 0.479.